The molecule has 3 aliphatic rings. The molecule has 7 heteroatoms. The highest BCUT2D eigenvalue weighted by Gasteiger charge is 2.31. The minimum atomic E-state index is -0.0335. The van der Waals surface area contributed by atoms with Crippen LogP contribution in [0, 0.1) is 5.92 Å². The lowest BCUT2D eigenvalue weighted by molar-refractivity contribution is -0.139. The molecule has 2 amide bonds. The van der Waals surface area contributed by atoms with Gasteiger partial charge in [-0.15, -0.1) is 0 Å². The lowest BCUT2D eigenvalue weighted by atomic mass is 9.96. The number of nitrogens with zero attached hydrogens (tertiary/aromatic N) is 3. The minimum absolute atomic E-state index is 0.0321. The summed E-state index contributed by atoms with van der Waals surface area (Å²) in [5, 5.41) is 3.98. The van der Waals surface area contributed by atoms with E-state index >= 15 is 0 Å². The summed E-state index contributed by atoms with van der Waals surface area (Å²) in [4.78, 5) is 34.8. The van der Waals surface area contributed by atoms with Gasteiger partial charge in [0, 0.05) is 37.6 Å². The molecule has 1 N–H and O–H groups in total. The highest BCUT2D eigenvalue weighted by Crippen LogP contribution is 2.28. The number of morpholine rings is 1. The van der Waals surface area contributed by atoms with Crippen LogP contribution >= 0.6 is 0 Å². The van der Waals surface area contributed by atoms with Crippen molar-refractivity contribution in [2.24, 2.45) is 5.92 Å². The summed E-state index contributed by atoms with van der Waals surface area (Å²) in [6.45, 7) is 4.08. The van der Waals surface area contributed by atoms with Crippen LogP contribution in [-0.2, 0) is 9.53 Å². The fraction of sp³-hybridized carbons (Fsp3) is 0.522. The van der Waals surface area contributed by atoms with Crippen LogP contribution < -0.4 is 10.2 Å². The third-order valence-electron chi connectivity index (χ3n) is 6.28. The molecule has 0 spiro atoms. The summed E-state index contributed by atoms with van der Waals surface area (Å²) < 4.78 is 5.38. The van der Waals surface area contributed by atoms with E-state index in [4.69, 9.17) is 9.72 Å². The fourth-order valence-electron chi connectivity index (χ4n) is 4.43. The third-order valence-corrected chi connectivity index (χ3v) is 6.28. The van der Waals surface area contributed by atoms with Gasteiger partial charge in [0.1, 0.15) is 5.82 Å². The normalized spacial score (nSPS) is 22.2. The number of ether oxygens (including phenoxy) is 1. The Hall–Kier alpha value is -2.67. The molecule has 7 nitrogen and oxygen atoms in total. The Labute approximate surface area is 176 Å². The van der Waals surface area contributed by atoms with Gasteiger partial charge in [0.25, 0.3) is 5.91 Å². The van der Waals surface area contributed by atoms with Crippen molar-refractivity contribution >= 4 is 28.5 Å². The van der Waals surface area contributed by atoms with Gasteiger partial charge in [-0.25, -0.2) is 4.98 Å². The smallest absolute Gasteiger partial charge is 0.252 e. The van der Waals surface area contributed by atoms with Crippen LogP contribution in [0.1, 0.15) is 36.0 Å². The van der Waals surface area contributed by atoms with E-state index in [1.165, 1.54) is 0 Å². The zero-order valence-electron chi connectivity index (χ0n) is 17.2. The molecule has 158 valence electrons. The number of hydrogen-bond donors (Lipinski definition) is 1. The van der Waals surface area contributed by atoms with Crippen LogP contribution in [0.25, 0.3) is 10.9 Å². The van der Waals surface area contributed by atoms with Gasteiger partial charge >= 0.3 is 0 Å². The van der Waals surface area contributed by atoms with Crippen LogP contribution in [0.4, 0.5) is 5.82 Å². The van der Waals surface area contributed by atoms with E-state index in [-0.39, 0.29) is 17.7 Å². The molecule has 1 saturated carbocycles. The van der Waals surface area contributed by atoms with Gasteiger partial charge < -0.3 is 19.9 Å². The lowest BCUT2D eigenvalue weighted by Crippen LogP contribution is -2.48. The van der Waals surface area contributed by atoms with E-state index in [1.54, 1.807) is 0 Å². The average Bonchev–Trinajstić information content (AvgIpc) is 3.62. The van der Waals surface area contributed by atoms with Gasteiger partial charge in [-0.05, 0) is 37.8 Å². The number of pyridine rings is 1. The molecular formula is C23H28N4O3. The number of nitrogens with one attached hydrogen (secondary N) is 1. The van der Waals surface area contributed by atoms with E-state index in [0.29, 0.717) is 44.5 Å². The first-order valence-electron chi connectivity index (χ1n) is 11.0. The van der Waals surface area contributed by atoms with Gasteiger partial charge in [-0.1, -0.05) is 18.2 Å². The second-order valence-corrected chi connectivity index (χ2v) is 8.52. The van der Waals surface area contributed by atoms with Crippen LogP contribution in [0.2, 0.25) is 0 Å². The quantitative estimate of drug-likeness (QED) is 0.840. The number of fused-ring (bicyclic) bond motifs is 1. The number of anilines is 1. The zero-order valence-corrected chi connectivity index (χ0v) is 17.2. The third kappa shape index (κ3) is 3.99. The first-order chi connectivity index (χ1) is 14.7. The number of para-hydroxylation sites is 1. The van der Waals surface area contributed by atoms with Crippen LogP contribution in [0.15, 0.2) is 30.3 Å². The van der Waals surface area contributed by atoms with Gasteiger partial charge in [0.15, 0.2) is 0 Å². The second kappa shape index (κ2) is 8.22. The molecule has 1 atom stereocenters. The van der Waals surface area contributed by atoms with Crippen molar-refractivity contribution in [3.8, 4) is 0 Å². The maximum absolute atomic E-state index is 13.0. The lowest BCUT2D eigenvalue weighted by Gasteiger charge is -2.36. The first-order valence-corrected chi connectivity index (χ1v) is 11.0. The van der Waals surface area contributed by atoms with Crippen LogP contribution in [0.3, 0.4) is 0 Å². The van der Waals surface area contributed by atoms with Gasteiger partial charge in [0.05, 0.1) is 30.2 Å². The Balaban J connectivity index is 1.40. The predicted molar refractivity (Wildman–Crippen MR) is 115 cm³/mol. The van der Waals surface area contributed by atoms with Crippen molar-refractivity contribution in [1.29, 1.82) is 0 Å². The number of amides is 2. The molecule has 1 aliphatic carbocycles. The van der Waals surface area contributed by atoms with Gasteiger partial charge in [0.2, 0.25) is 5.91 Å². The molecule has 5 rings (SSSR count). The predicted octanol–water partition coefficient (Wildman–Crippen LogP) is 2.20. The molecule has 0 bridgehead atoms. The van der Waals surface area contributed by atoms with Crippen molar-refractivity contribution in [3.63, 3.8) is 0 Å². The van der Waals surface area contributed by atoms with Crippen molar-refractivity contribution in [1.82, 2.24) is 15.2 Å². The maximum Gasteiger partial charge on any atom is 0.252 e. The van der Waals surface area contributed by atoms with E-state index in [1.807, 2.05) is 35.2 Å². The molecule has 3 fully saturated rings. The van der Waals surface area contributed by atoms with E-state index in [0.717, 1.165) is 48.9 Å². The Morgan fingerprint density at radius 1 is 1.07 bits per heavy atom. The molecule has 2 saturated heterocycles. The van der Waals surface area contributed by atoms with Crippen LogP contribution in [0.5, 0.6) is 0 Å². The second-order valence-electron chi connectivity index (χ2n) is 8.52. The maximum atomic E-state index is 13.0. The summed E-state index contributed by atoms with van der Waals surface area (Å²) in [5.41, 5.74) is 1.49. The molecule has 3 heterocycles. The number of carbonyl (C=O) groups is 2. The van der Waals surface area contributed by atoms with E-state index in [9.17, 15) is 9.59 Å². The zero-order chi connectivity index (χ0) is 20.5. The van der Waals surface area contributed by atoms with Crippen molar-refractivity contribution in [2.45, 2.75) is 31.7 Å². The largest absolute Gasteiger partial charge is 0.378 e. The molecule has 1 unspecified atom stereocenters. The summed E-state index contributed by atoms with van der Waals surface area (Å²) >= 11 is 0. The van der Waals surface area contributed by atoms with Gasteiger partial charge in [-0.2, -0.15) is 0 Å². The molecular weight excluding hydrogens is 380 g/mol. The Morgan fingerprint density at radius 3 is 2.67 bits per heavy atom. The molecule has 0 radical (unpaired) electrons. The highest BCUT2D eigenvalue weighted by molar-refractivity contribution is 6.07. The number of carbonyl (C=O) groups excluding carboxylic acids is 2. The molecule has 1 aromatic carbocycles. The monoisotopic (exact) mass is 408 g/mol. The minimum Gasteiger partial charge on any atom is -0.378 e. The first kappa shape index (κ1) is 19.3. The van der Waals surface area contributed by atoms with Gasteiger partial charge in [-0.3, -0.25) is 9.59 Å². The SMILES string of the molecule is O=C(NC1CC1)c1cc(N2CCCC(C(=O)N3CCOCC3)C2)nc2ccccc12. The number of hydrogen-bond acceptors (Lipinski definition) is 5. The van der Waals surface area contributed by atoms with Crippen molar-refractivity contribution in [3.05, 3.63) is 35.9 Å². The average molecular weight is 409 g/mol. The Morgan fingerprint density at radius 2 is 1.87 bits per heavy atom. The topological polar surface area (TPSA) is 74.8 Å². The van der Waals surface area contributed by atoms with E-state index in [2.05, 4.69) is 10.2 Å². The van der Waals surface area contributed by atoms with Crippen molar-refractivity contribution < 1.29 is 14.3 Å². The van der Waals surface area contributed by atoms with Crippen molar-refractivity contribution in [2.75, 3.05) is 44.3 Å². The molecule has 2 aromatic rings. The number of aromatic nitrogens is 1. The Kier molecular flexibility index (Phi) is 5.29. The molecule has 1 aromatic heterocycles. The highest BCUT2D eigenvalue weighted by atomic mass is 16.5. The molecule has 2 aliphatic heterocycles. The number of piperidine rings is 1. The van der Waals surface area contributed by atoms with E-state index < -0.39 is 0 Å². The fourth-order valence-corrected chi connectivity index (χ4v) is 4.43. The standard InChI is InChI=1S/C23H28N4O3/c28-22(24-17-7-8-17)19-14-21(25-20-6-2-1-5-18(19)20)27-9-3-4-16(15-27)23(29)26-10-12-30-13-11-26/h1-2,5-6,14,16-17H,3-4,7-13,15H2,(H,24,28). The summed E-state index contributed by atoms with van der Waals surface area (Å²) in [5.74, 6) is 0.939. The Bertz CT molecular complexity index is 953. The summed E-state index contributed by atoms with van der Waals surface area (Å²) in [7, 11) is 0. The number of rotatable bonds is 4. The number of benzene rings is 1. The summed E-state index contributed by atoms with van der Waals surface area (Å²) in [6.07, 6.45) is 3.95. The summed E-state index contributed by atoms with van der Waals surface area (Å²) in [6, 6.07) is 10.0. The van der Waals surface area contributed by atoms with Crippen LogP contribution in [-0.4, -0.2) is 67.1 Å². The molecule has 30 heavy (non-hydrogen) atoms.